The maximum atomic E-state index is 13.6. The van der Waals surface area contributed by atoms with E-state index in [1.54, 1.807) is 85.8 Å². The molecule has 4 heterocycles. The number of hydrogen-bond donors (Lipinski definition) is 9. The van der Waals surface area contributed by atoms with Crippen molar-refractivity contribution in [2.24, 2.45) is 0 Å². The lowest BCUT2D eigenvalue weighted by molar-refractivity contribution is -0.181. The van der Waals surface area contributed by atoms with Gasteiger partial charge in [0.2, 0.25) is 24.4 Å². The summed E-state index contributed by atoms with van der Waals surface area (Å²) in [7, 11) is -1.35. The summed E-state index contributed by atoms with van der Waals surface area (Å²) in [6.07, 6.45) is -10.0. The molecule has 4 fully saturated rings. The summed E-state index contributed by atoms with van der Waals surface area (Å²) >= 11 is 18.7. The number of aryl methyl sites for hydroxylation is 2. The Morgan fingerprint density at radius 1 is 0.500 bits per heavy atom. The van der Waals surface area contributed by atoms with E-state index in [1.807, 2.05) is 116 Å². The molecule has 0 aliphatic carbocycles. The van der Waals surface area contributed by atoms with Crippen molar-refractivity contribution in [1.29, 1.82) is 0 Å². The van der Waals surface area contributed by atoms with Crippen molar-refractivity contribution < 1.29 is 107 Å². The largest absolute Gasteiger partial charge is 0.508 e. The molecule has 4 aliphatic rings. The van der Waals surface area contributed by atoms with E-state index in [0.717, 1.165) is 111 Å². The van der Waals surface area contributed by atoms with Crippen LogP contribution < -0.4 is 40.8 Å². The number of benzene rings is 8. The van der Waals surface area contributed by atoms with Crippen LogP contribution in [0.15, 0.2) is 194 Å². The molecule has 0 radical (unpaired) electrons. The number of nitrogens with zero attached hydrogens (tertiary/aromatic N) is 6. The normalized spacial score (nSPS) is 15.5. The fourth-order valence-corrected chi connectivity index (χ4v) is 13.5. The van der Waals surface area contributed by atoms with E-state index in [9.17, 15) is 63.3 Å². The van der Waals surface area contributed by atoms with E-state index in [1.165, 1.54) is 32.4 Å². The number of carbonyl (C=O) groups excluding carboxylic acids is 10. The zero-order chi connectivity index (χ0) is 90.5. The number of esters is 6. The number of aromatic hydroxyl groups is 2. The second-order valence-electron chi connectivity index (χ2n) is 28.5. The minimum atomic E-state index is -1.88. The Labute approximate surface area is 735 Å². The van der Waals surface area contributed by atoms with Gasteiger partial charge in [-0.2, -0.15) is 0 Å². The van der Waals surface area contributed by atoms with Crippen molar-refractivity contribution in [1.82, 2.24) is 30.7 Å². The lowest BCUT2D eigenvalue weighted by atomic mass is 9.80. The topological polar surface area (TPSA) is 403 Å². The van der Waals surface area contributed by atoms with Crippen LogP contribution in [-0.4, -0.2) is 240 Å². The molecule has 12 rings (SSSR count). The number of anilines is 3. The second kappa shape index (κ2) is 50.7. The highest BCUT2D eigenvalue weighted by Gasteiger charge is 2.50. The number of phenols is 2. The first kappa shape index (κ1) is 99.3. The SMILES string of the molecule is CC(=O)O[C@H]1C(=O)OC(=O)[C@@H]1OC(C)=O.CCN(Cc1ccc(O)cc1)C(=O)[C@H](OC(C)=O)[C@@H](OC(C)=O)C(=O)N1CCN(c2ccccc2Cl)CC1.CCNCc1ccc(O)cc1.Cc1cccc(B(O)O)c1.Cc1cccc(Oc2ccc(CNC(=O)[C@H](O)[C@@H](O)C(=O)N3CCN(c4ccccc4Cl)CC3)cc2)c1.Clc1ccccc1N1CCNCC1. The summed E-state index contributed by atoms with van der Waals surface area (Å²) < 4.78 is 29.6. The van der Waals surface area contributed by atoms with Gasteiger partial charge in [-0.05, 0) is 140 Å². The third-order valence-electron chi connectivity index (χ3n) is 19.0. The van der Waals surface area contributed by atoms with Crippen LogP contribution in [0.4, 0.5) is 17.1 Å². The number of halogens is 3. The third-order valence-corrected chi connectivity index (χ3v) is 20.0. The molecule has 35 heteroatoms. The van der Waals surface area contributed by atoms with Crippen molar-refractivity contribution in [3.63, 3.8) is 0 Å². The van der Waals surface area contributed by atoms with Crippen molar-refractivity contribution in [2.45, 2.75) is 112 Å². The molecule has 4 saturated heterocycles. The van der Waals surface area contributed by atoms with Gasteiger partial charge in [-0.15, -0.1) is 0 Å². The van der Waals surface area contributed by atoms with E-state index in [-0.39, 0.29) is 38.5 Å². The number of amides is 4. The highest BCUT2D eigenvalue weighted by atomic mass is 35.5. The van der Waals surface area contributed by atoms with Gasteiger partial charge in [-0.1, -0.05) is 156 Å². The summed E-state index contributed by atoms with van der Waals surface area (Å²) in [5, 5.41) is 67.8. The molecule has 124 heavy (non-hydrogen) atoms. The van der Waals surface area contributed by atoms with Gasteiger partial charge < -0.3 is 104 Å². The predicted octanol–water partition coefficient (Wildman–Crippen LogP) is 7.59. The number of carbonyl (C=O) groups is 10. The van der Waals surface area contributed by atoms with Crippen molar-refractivity contribution in [2.75, 3.05) is 106 Å². The van der Waals surface area contributed by atoms with Crippen LogP contribution in [0.1, 0.15) is 69.4 Å². The smallest absolute Gasteiger partial charge is 0.488 e. The van der Waals surface area contributed by atoms with E-state index in [4.69, 9.17) is 64.2 Å². The third kappa shape index (κ3) is 32.1. The number of piperazine rings is 3. The van der Waals surface area contributed by atoms with Gasteiger partial charge in [0.15, 0.2) is 12.2 Å². The Balaban J connectivity index is 0.000000223. The quantitative estimate of drug-likeness (QED) is 0.0122. The van der Waals surface area contributed by atoms with Crippen LogP contribution in [0, 0.1) is 13.8 Å². The molecular weight excluding hydrogens is 1660 g/mol. The van der Waals surface area contributed by atoms with Crippen LogP contribution >= 0.6 is 34.8 Å². The van der Waals surface area contributed by atoms with Crippen molar-refractivity contribution >= 4 is 124 Å². The number of cyclic esters (lactones) is 2. The van der Waals surface area contributed by atoms with Crippen molar-refractivity contribution in [3.05, 3.63) is 237 Å². The maximum Gasteiger partial charge on any atom is 0.488 e. The van der Waals surface area contributed by atoms with E-state index in [2.05, 4.69) is 53.0 Å². The molecule has 0 spiro atoms. The highest BCUT2D eigenvalue weighted by Crippen LogP contribution is 2.31. The maximum absolute atomic E-state index is 13.6. The molecule has 8 aromatic carbocycles. The monoisotopic (exact) mass is 1770 g/mol. The Kier molecular flexibility index (Phi) is 40.6. The number of aliphatic hydroxyl groups excluding tert-OH is 2. The molecule has 0 saturated carbocycles. The molecule has 9 N–H and O–H groups in total. The first-order chi connectivity index (χ1) is 59.2. The average Bonchev–Trinajstić information content (AvgIpc) is 0.852. The molecule has 0 aromatic heterocycles. The van der Waals surface area contributed by atoms with Gasteiger partial charge >= 0.3 is 42.9 Å². The number of aliphatic hydroxyl groups is 2. The molecule has 31 nitrogen and oxygen atoms in total. The van der Waals surface area contributed by atoms with Crippen LogP contribution in [0.25, 0.3) is 0 Å². The number of para-hydroxylation sites is 3. The summed E-state index contributed by atoms with van der Waals surface area (Å²) in [6.45, 7) is 21.8. The Morgan fingerprint density at radius 2 is 0.927 bits per heavy atom. The standard InChI is InChI=1S/C28H30ClN3O5.C27H32ClN3O7.C10H13ClN2.C9H13NO.C8H8O7.C7H9BO2/c1-19-5-4-6-22(17-19)37-21-11-9-20(10-12-21)18-30-27(35)25(33)26(34)28(36)32-15-13-31(14-16-32)24-8-3-2-7-23(24)29;1-4-29(17-20-9-11-21(34)12-10-20)26(35)24(37-18(2)32)25(38-19(3)33)27(36)31-15-13-30(14-16-31)23-8-6-5-7-22(23)28;11-9-3-1-2-4-10(9)13-7-5-12-6-8-13;1-2-10-7-8-3-5-9(11)6-4-8;1-3(9)13-5-6(14-4(2)10)8(12)15-7(5)11;1-6-3-2-4-7(5-6)8(9)10/h2-12,17,25-26,33-34H,13-16,18H2,1H3,(H,30,35);5-12,24-25,34H,4,13-17H2,1-3H3;1-4,12H,5-8H2;3-6,10-11H,2,7H2,1H3;5-6H,1-2H3;2-5,9-10H,1H3/t25-,26-;24-,25-;;;5-,6-;/m11..1./s1. The fraction of sp³-hybridized carbons (Fsp3) is 0.348. The van der Waals surface area contributed by atoms with Gasteiger partial charge in [0, 0.05) is 132 Å². The summed E-state index contributed by atoms with van der Waals surface area (Å²) in [4.78, 5) is 130. The molecule has 4 amide bonds. The van der Waals surface area contributed by atoms with E-state index in [0.29, 0.717) is 71.8 Å². The Bertz CT molecular complexity index is 4800. The zero-order valence-electron chi connectivity index (χ0n) is 70.1. The number of likely N-dealkylation sites (N-methyl/N-ethyl adjacent to an activating group) is 1. The lowest BCUT2D eigenvalue weighted by Crippen LogP contribution is -2.58. The number of nitrogens with one attached hydrogen (secondary N) is 3. The molecule has 8 aromatic rings. The summed E-state index contributed by atoms with van der Waals surface area (Å²) in [5.41, 5.74) is 8.24. The minimum absolute atomic E-state index is 0.0797. The highest BCUT2D eigenvalue weighted by molar-refractivity contribution is 6.58. The Hall–Kier alpha value is -11.8. The number of rotatable bonds is 24. The first-order valence-electron chi connectivity index (χ1n) is 39.9. The van der Waals surface area contributed by atoms with Crippen LogP contribution in [-0.2, 0) is 91.3 Å². The molecule has 0 bridgehead atoms. The van der Waals surface area contributed by atoms with Crippen molar-refractivity contribution in [3.8, 4) is 23.0 Å². The summed E-state index contributed by atoms with van der Waals surface area (Å²) in [5.74, 6) is -6.23. The van der Waals surface area contributed by atoms with Gasteiger partial charge in [0.1, 0.15) is 23.0 Å². The average molecular weight is 1770 g/mol. The van der Waals surface area contributed by atoms with Crippen LogP contribution in [0.5, 0.6) is 23.0 Å². The molecule has 4 aliphatic heterocycles. The minimum Gasteiger partial charge on any atom is -0.508 e. The lowest BCUT2D eigenvalue weighted by Gasteiger charge is -2.38. The number of phenolic OH excluding ortho intramolecular Hbond substituents is 2. The van der Waals surface area contributed by atoms with Crippen LogP contribution in [0.2, 0.25) is 15.1 Å². The van der Waals surface area contributed by atoms with Gasteiger partial charge in [-0.3, -0.25) is 38.4 Å². The Morgan fingerprint density at radius 3 is 1.35 bits per heavy atom. The molecule has 6 atom stereocenters. The van der Waals surface area contributed by atoms with Gasteiger partial charge in [-0.25, -0.2) is 9.59 Å². The van der Waals surface area contributed by atoms with Gasteiger partial charge in [0.25, 0.3) is 23.6 Å². The fourth-order valence-electron chi connectivity index (χ4n) is 12.7. The molecule has 662 valence electrons. The number of ether oxygens (including phenoxy) is 6. The first-order valence-corrected chi connectivity index (χ1v) is 41.0. The number of hydrogen-bond acceptors (Lipinski definition) is 27. The van der Waals surface area contributed by atoms with E-state index < -0.39 is 103 Å². The molecule has 0 unspecified atom stereocenters. The molecular formula is C89H105BCl3N9O22. The predicted molar refractivity (Wildman–Crippen MR) is 468 cm³/mol. The van der Waals surface area contributed by atoms with Crippen LogP contribution in [0.3, 0.4) is 0 Å². The second-order valence-corrected chi connectivity index (χ2v) is 29.7. The van der Waals surface area contributed by atoms with E-state index >= 15 is 0 Å². The summed E-state index contributed by atoms with van der Waals surface area (Å²) in [6, 6.07) is 58.4. The van der Waals surface area contributed by atoms with Gasteiger partial charge in [0.05, 0.1) is 32.1 Å². The zero-order valence-corrected chi connectivity index (χ0v) is 72.3.